The fourth-order valence-corrected chi connectivity index (χ4v) is 2.89. The van der Waals surface area contributed by atoms with Crippen molar-refractivity contribution in [2.75, 3.05) is 20.3 Å². The lowest BCUT2D eigenvalue weighted by Crippen LogP contribution is -2.25. The minimum atomic E-state index is -0.0145. The van der Waals surface area contributed by atoms with E-state index in [9.17, 15) is 4.79 Å². The number of oxazole rings is 1. The summed E-state index contributed by atoms with van der Waals surface area (Å²) < 4.78 is 16.4. The van der Waals surface area contributed by atoms with E-state index >= 15 is 0 Å². The molecule has 1 aromatic heterocycles. The fourth-order valence-electron chi connectivity index (χ4n) is 2.89. The number of aromatic nitrogens is 1. The number of benzene rings is 2. The summed E-state index contributed by atoms with van der Waals surface area (Å²) in [5, 5.41) is 2.93. The smallest absolute Gasteiger partial charge is 0.220 e. The number of rotatable bonds is 10. The first-order valence-electron chi connectivity index (χ1n) is 9.75. The summed E-state index contributed by atoms with van der Waals surface area (Å²) in [6.45, 7) is 3.17. The van der Waals surface area contributed by atoms with E-state index in [1.165, 1.54) is 0 Å². The van der Waals surface area contributed by atoms with Crippen LogP contribution >= 0.6 is 0 Å². The van der Waals surface area contributed by atoms with Crippen molar-refractivity contribution in [2.45, 2.75) is 26.2 Å². The number of aryl methyl sites for hydroxylation is 1. The average Bonchev–Trinajstić information content (AvgIpc) is 3.23. The molecule has 6 heteroatoms. The highest BCUT2D eigenvalue weighted by atomic mass is 16.5. The first kappa shape index (κ1) is 20.5. The number of nitrogens with zero attached hydrogens (tertiary/aromatic N) is 1. The Morgan fingerprint density at radius 3 is 2.45 bits per heavy atom. The second kappa shape index (κ2) is 10.3. The molecule has 0 aliphatic carbocycles. The van der Waals surface area contributed by atoms with E-state index in [2.05, 4.69) is 10.3 Å². The molecule has 0 saturated carbocycles. The van der Waals surface area contributed by atoms with Crippen molar-refractivity contribution < 1.29 is 18.7 Å². The van der Waals surface area contributed by atoms with Crippen LogP contribution in [0.5, 0.6) is 11.5 Å². The third-order valence-corrected chi connectivity index (χ3v) is 4.46. The van der Waals surface area contributed by atoms with Gasteiger partial charge in [0, 0.05) is 24.9 Å². The summed E-state index contributed by atoms with van der Waals surface area (Å²) in [6, 6.07) is 15.5. The molecule has 29 heavy (non-hydrogen) atoms. The summed E-state index contributed by atoms with van der Waals surface area (Å²) in [4.78, 5) is 16.3. The molecule has 1 amide bonds. The van der Waals surface area contributed by atoms with Gasteiger partial charge in [-0.1, -0.05) is 12.1 Å². The second-order valence-corrected chi connectivity index (χ2v) is 6.52. The molecule has 0 atom stereocenters. The fraction of sp³-hybridized carbons (Fsp3) is 0.304. The minimum absolute atomic E-state index is 0.0145. The molecule has 0 bridgehead atoms. The second-order valence-electron chi connectivity index (χ2n) is 6.52. The van der Waals surface area contributed by atoms with Gasteiger partial charge in [-0.3, -0.25) is 4.79 Å². The van der Waals surface area contributed by atoms with Crippen molar-refractivity contribution >= 4 is 5.91 Å². The van der Waals surface area contributed by atoms with E-state index < -0.39 is 0 Å². The summed E-state index contributed by atoms with van der Waals surface area (Å²) in [5.41, 5.74) is 2.08. The van der Waals surface area contributed by atoms with Crippen LogP contribution in [0, 0.1) is 0 Å². The Balaban J connectivity index is 1.42. The van der Waals surface area contributed by atoms with Gasteiger partial charge < -0.3 is 19.2 Å². The van der Waals surface area contributed by atoms with Crippen LogP contribution in [0.15, 0.2) is 59.1 Å². The molecule has 3 rings (SSSR count). The monoisotopic (exact) mass is 394 g/mol. The number of methoxy groups -OCH3 is 1. The van der Waals surface area contributed by atoms with Crippen LogP contribution in [0.1, 0.15) is 24.8 Å². The topological polar surface area (TPSA) is 73.6 Å². The number of nitrogens with one attached hydrogen (secondary N) is 1. The van der Waals surface area contributed by atoms with E-state index in [-0.39, 0.29) is 5.91 Å². The third-order valence-electron chi connectivity index (χ3n) is 4.46. The van der Waals surface area contributed by atoms with Crippen LogP contribution in [0.3, 0.4) is 0 Å². The van der Waals surface area contributed by atoms with Crippen molar-refractivity contribution in [3.63, 3.8) is 0 Å². The van der Waals surface area contributed by atoms with Crippen LogP contribution in [0.4, 0.5) is 0 Å². The summed E-state index contributed by atoms with van der Waals surface area (Å²) in [6.07, 6.45) is 3.26. The Hall–Kier alpha value is -3.28. The summed E-state index contributed by atoms with van der Waals surface area (Å²) in [7, 11) is 1.64. The molecule has 1 N–H and O–H groups in total. The van der Waals surface area contributed by atoms with Crippen LogP contribution < -0.4 is 14.8 Å². The zero-order valence-electron chi connectivity index (χ0n) is 16.8. The van der Waals surface area contributed by atoms with Gasteiger partial charge in [0.25, 0.3) is 0 Å². The van der Waals surface area contributed by atoms with Gasteiger partial charge in [-0.2, -0.15) is 0 Å². The number of ether oxygens (including phenoxy) is 2. The quantitative estimate of drug-likeness (QED) is 0.562. The van der Waals surface area contributed by atoms with Gasteiger partial charge in [0.1, 0.15) is 11.5 Å². The Morgan fingerprint density at radius 1 is 1.03 bits per heavy atom. The molecule has 152 valence electrons. The molecule has 0 aliphatic rings. The van der Waals surface area contributed by atoms with Crippen LogP contribution in [0.2, 0.25) is 0 Å². The molecular formula is C23H26N2O4. The Kier molecular flexibility index (Phi) is 7.28. The van der Waals surface area contributed by atoms with Gasteiger partial charge in [-0.05, 0) is 55.3 Å². The van der Waals surface area contributed by atoms with Crippen LogP contribution in [-0.2, 0) is 17.6 Å². The maximum absolute atomic E-state index is 12.1. The molecule has 0 aliphatic heterocycles. The molecule has 0 radical (unpaired) electrons. The van der Waals surface area contributed by atoms with Gasteiger partial charge >= 0.3 is 0 Å². The van der Waals surface area contributed by atoms with E-state index in [0.29, 0.717) is 37.6 Å². The summed E-state index contributed by atoms with van der Waals surface area (Å²) in [5.74, 6) is 2.87. The maximum atomic E-state index is 12.1. The highest BCUT2D eigenvalue weighted by molar-refractivity contribution is 5.76. The van der Waals surface area contributed by atoms with Crippen LogP contribution in [0.25, 0.3) is 11.3 Å². The van der Waals surface area contributed by atoms with Crippen molar-refractivity contribution in [1.82, 2.24) is 10.3 Å². The van der Waals surface area contributed by atoms with E-state index in [0.717, 1.165) is 29.0 Å². The highest BCUT2D eigenvalue weighted by Gasteiger charge is 2.09. The largest absolute Gasteiger partial charge is 0.497 e. The van der Waals surface area contributed by atoms with Gasteiger partial charge in [0.15, 0.2) is 11.7 Å². The highest BCUT2D eigenvalue weighted by Crippen LogP contribution is 2.23. The van der Waals surface area contributed by atoms with Gasteiger partial charge in [-0.25, -0.2) is 4.98 Å². The normalized spacial score (nSPS) is 10.6. The lowest BCUT2D eigenvalue weighted by molar-refractivity contribution is -0.121. The Bertz CT molecular complexity index is 901. The standard InChI is InChI=1S/C23H26N2O4/c1-3-28-20-10-6-18(7-11-20)21-16-25-23(29-21)13-12-22(26)24-15-14-17-4-8-19(27-2)9-5-17/h4-11,16H,3,12-15H2,1-2H3,(H,24,26). The van der Waals surface area contributed by atoms with Crippen molar-refractivity contribution in [3.8, 4) is 22.8 Å². The molecule has 3 aromatic rings. The number of hydrogen-bond donors (Lipinski definition) is 1. The molecule has 1 heterocycles. The number of carbonyl (C=O) groups excluding carboxylic acids is 1. The predicted molar refractivity (Wildman–Crippen MR) is 111 cm³/mol. The third kappa shape index (κ3) is 6.10. The van der Waals surface area contributed by atoms with Gasteiger partial charge in [0.05, 0.1) is 19.9 Å². The Morgan fingerprint density at radius 2 is 1.76 bits per heavy atom. The molecule has 0 spiro atoms. The molecule has 2 aromatic carbocycles. The van der Waals surface area contributed by atoms with E-state index in [1.807, 2.05) is 55.5 Å². The summed E-state index contributed by atoms with van der Waals surface area (Å²) >= 11 is 0. The minimum Gasteiger partial charge on any atom is -0.497 e. The van der Waals surface area contributed by atoms with E-state index in [1.54, 1.807) is 13.3 Å². The lowest BCUT2D eigenvalue weighted by atomic mass is 10.1. The molecule has 0 saturated heterocycles. The average molecular weight is 394 g/mol. The van der Waals surface area contributed by atoms with Gasteiger partial charge in [0.2, 0.25) is 5.91 Å². The predicted octanol–water partition coefficient (Wildman–Crippen LogP) is 4.04. The van der Waals surface area contributed by atoms with Crippen molar-refractivity contribution in [1.29, 1.82) is 0 Å². The lowest BCUT2D eigenvalue weighted by Gasteiger charge is -2.06. The number of hydrogen-bond acceptors (Lipinski definition) is 5. The van der Waals surface area contributed by atoms with Crippen molar-refractivity contribution in [2.24, 2.45) is 0 Å². The first-order chi connectivity index (χ1) is 14.2. The Labute approximate surface area is 170 Å². The maximum Gasteiger partial charge on any atom is 0.220 e. The number of carbonyl (C=O) groups is 1. The van der Waals surface area contributed by atoms with Gasteiger partial charge in [-0.15, -0.1) is 0 Å². The van der Waals surface area contributed by atoms with Crippen molar-refractivity contribution in [3.05, 3.63) is 66.2 Å². The van der Waals surface area contributed by atoms with Crippen LogP contribution in [-0.4, -0.2) is 31.2 Å². The zero-order chi connectivity index (χ0) is 20.5. The first-order valence-corrected chi connectivity index (χ1v) is 9.75. The van der Waals surface area contributed by atoms with E-state index in [4.69, 9.17) is 13.9 Å². The number of amides is 1. The molecule has 0 fully saturated rings. The zero-order valence-corrected chi connectivity index (χ0v) is 16.8. The molecular weight excluding hydrogens is 368 g/mol. The SMILES string of the molecule is CCOc1ccc(-c2cnc(CCC(=O)NCCc3ccc(OC)cc3)o2)cc1. The molecule has 6 nitrogen and oxygen atoms in total. The molecule has 0 unspecified atom stereocenters.